The van der Waals surface area contributed by atoms with Gasteiger partial charge >= 0.3 is 0 Å². The molecule has 1 unspecified atom stereocenters. The van der Waals surface area contributed by atoms with Gasteiger partial charge in [0.05, 0.1) is 11.4 Å². The van der Waals surface area contributed by atoms with E-state index in [1.807, 2.05) is 0 Å². The van der Waals surface area contributed by atoms with Gasteiger partial charge in [-0.25, -0.2) is 0 Å². The molecule has 25 heavy (non-hydrogen) atoms. The molecule has 126 valence electrons. The predicted octanol–water partition coefficient (Wildman–Crippen LogP) is 6.27. The van der Waals surface area contributed by atoms with Crippen LogP contribution in [0.5, 0.6) is 0 Å². The van der Waals surface area contributed by atoms with Crippen molar-refractivity contribution in [2.24, 2.45) is 0 Å². The molecule has 0 bridgehead atoms. The first kappa shape index (κ1) is 15.8. The Bertz CT molecular complexity index is 857. The number of rotatable bonds is 4. The van der Waals surface area contributed by atoms with Crippen LogP contribution >= 0.6 is 0 Å². The van der Waals surface area contributed by atoms with Gasteiger partial charge in [0.15, 0.2) is 0 Å². The maximum atomic E-state index is 2.48. The number of para-hydroxylation sites is 4. The lowest BCUT2D eigenvalue weighted by molar-refractivity contribution is 0.755. The Morgan fingerprint density at radius 1 is 0.680 bits per heavy atom. The summed E-state index contributed by atoms with van der Waals surface area (Å²) in [4.78, 5) is 4.91. The highest BCUT2D eigenvalue weighted by Gasteiger charge is 2.35. The van der Waals surface area contributed by atoms with Crippen molar-refractivity contribution in [3.05, 3.63) is 84.4 Å². The van der Waals surface area contributed by atoms with Crippen molar-refractivity contribution in [3.63, 3.8) is 0 Å². The molecule has 0 fully saturated rings. The lowest BCUT2D eigenvalue weighted by atomic mass is 10.1. The molecular formula is C23H24N2. The van der Waals surface area contributed by atoms with Crippen molar-refractivity contribution in [2.45, 2.75) is 32.9 Å². The number of hydrogen-bond donors (Lipinski definition) is 0. The van der Waals surface area contributed by atoms with Gasteiger partial charge in [-0.2, -0.15) is 0 Å². The normalized spacial score (nSPS) is 16.2. The minimum atomic E-state index is 0.234. The first-order valence-electron chi connectivity index (χ1n) is 9.11. The van der Waals surface area contributed by atoms with Gasteiger partial charge in [-0.05, 0) is 49.2 Å². The van der Waals surface area contributed by atoms with Crippen LogP contribution in [0.15, 0.2) is 78.9 Å². The van der Waals surface area contributed by atoms with E-state index < -0.39 is 0 Å². The lowest BCUT2D eigenvalue weighted by Gasteiger charge is -2.31. The van der Waals surface area contributed by atoms with Crippen LogP contribution in [-0.4, -0.2) is 6.17 Å². The largest absolute Gasteiger partial charge is 0.319 e. The van der Waals surface area contributed by atoms with Gasteiger partial charge in [0.1, 0.15) is 6.17 Å². The summed E-state index contributed by atoms with van der Waals surface area (Å²) >= 11 is 0. The summed E-state index contributed by atoms with van der Waals surface area (Å²) < 4.78 is 0. The summed E-state index contributed by atoms with van der Waals surface area (Å²) in [5.41, 5.74) is 6.53. The SMILES string of the molecule is CCCc1ccccc1N1c2ccccc2N(c2ccccc2)C1C. The molecule has 4 rings (SSSR count). The molecule has 0 amide bonds. The van der Waals surface area contributed by atoms with Gasteiger partial charge in [0, 0.05) is 11.4 Å². The van der Waals surface area contributed by atoms with E-state index in [0.29, 0.717) is 0 Å². The van der Waals surface area contributed by atoms with E-state index in [2.05, 4.69) is 103 Å². The molecule has 1 heterocycles. The zero-order chi connectivity index (χ0) is 17.2. The maximum absolute atomic E-state index is 2.48. The van der Waals surface area contributed by atoms with Crippen LogP contribution in [0, 0.1) is 0 Å². The van der Waals surface area contributed by atoms with Gasteiger partial charge in [-0.1, -0.05) is 61.9 Å². The van der Waals surface area contributed by atoms with Crippen LogP contribution in [0.1, 0.15) is 25.8 Å². The van der Waals surface area contributed by atoms with E-state index in [0.717, 1.165) is 12.8 Å². The zero-order valence-electron chi connectivity index (χ0n) is 14.9. The molecule has 2 nitrogen and oxygen atoms in total. The number of benzene rings is 3. The first-order valence-corrected chi connectivity index (χ1v) is 9.11. The van der Waals surface area contributed by atoms with Gasteiger partial charge < -0.3 is 9.80 Å². The smallest absolute Gasteiger partial charge is 0.108 e. The Hall–Kier alpha value is -2.74. The number of anilines is 4. The van der Waals surface area contributed by atoms with Crippen molar-refractivity contribution in [1.82, 2.24) is 0 Å². The third-order valence-corrected chi connectivity index (χ3v) is 4.95. The molecule has 1 atom stereocenters. The number of nitrogens with zero attached hydrogens (tertiary/aromatic N) is 2. The molecule has 0 saturated heterocycles. The zero-order valence-corrected chi connectivity index (χ0v) is 14.9. The van der Waals surface area contributed by atoms with Crippen LogP contribution in [0.4, 0.5) is 22.7 Å². The average molecular weight is 328 g/mol. The molecule has 0 saturated carbocycles. The summed E-state index contributed by atoms with van der Waals surface area (Å²) in [6, 6.07) is 28.2. The molecule has 1 aliphatic heterocycles. The summed E-state index contributed by atoms with van der Waals surface area (Å²) in [7, 11) is 0. The molecule has 3 aromatic carbocycles. The van der Waals surface area contributed by atoms with E-state index in [9.17, 15) is 0 Å². The second-order valence-corrected chi connectivity index (χ2v) is 6.57. The highest BCUT2D eigenvalue weighted by molar-refractivity contribution is 5.88. The van der Waals surface area contributed by atoms with Gasteiger partial charge in [-0.15, -0.1) is 0 Å². The standard InChI is InChI=1S/C23H24N2/c1-3-11-19-12-7-8-15-21(19)25-18(2)24(20-13-5-4-6-14-20)22-16-9-10-17-23(22)25/h4-10,12-18H,3,11H2,1-2H3. The van der Waals surface area contributed by atoms with E-state index in [-0.39, 0.29) is 6.17 Å². The fraction of sp³-hybridized carbons (Fsp3) is 0.217. The molecule has 1 aliphatic rings. The molecule has 0 spiro atoms. The molecule has 3 aromatic rings. The van der Waals surface area contributed by atoms with Crippen molar-refractivity contribution < 1.29 is 0 Å². The maximum Gasteiger partial charge on any atom is 0.108 e. The second kappa shape index (κ2) is 6.64. The Morgan fingerprint density at radius 2 is 1.24 bits per heavy atom. The topological polar surface area (TPSA) is 6.48 Å². The Kier molecular flexibility index (Phi) is 4.19. The third-order valence-electron chi connectivity index (χ3n) is 4.95. The highest BCUT2D eigenvalue weighted by Crippen LogP contribution is 2.48. The van der Waals surface area contributed by atoms with E-state index in [1.165, 1.54) is 28.3 Å². The van der Waals surface area contributed by atoms with Crippen LogP contribution in [-0.2, 0) is 6.42 Å². The minimum absolute atomic E-state index is 0.234. The van der Waals surface area contributed by atoms with E-state index in [1.54, 1.807) is 0 Å². The monoisotopic (exact) mass is 328 g/mol. The summed E-state index contributed by atoms with van der Waals surface area (Å²) in [6.45, 7) is 4.53. The van der Waals surface area contributed by atoms with Gasteiger partial charge in [0.25, 0.3) is 0 Å². The van der Waals surface area contributed by atoms with E-state index in [4.69, 9.17) is 0 Å². The van der Waals surface area contributed by atoms with Crippen molar-refractivity contribution in [1.29, 1.82) is 0 Å². The van der Waals surface area contributed by atoms with Crippen LogP contribution in [0.3, 0.4) is 0 Å². The minimum Gasteiger partial charge on any atom is -0.319 e. The molecule has 0 aliphatic carbocycles. The van der Waals surface area contributed by atoms with Crippen LogP contribution in [0.25, 0.3) is 0 Å². The second-order valence-electron chi connectivity index (χ2n) is 6.57. The third kappa shape index (κ3) is 2.68. The quantitative estimate of drug-likeness (QED) is 0.556. The van der Waals surface area contributed by atoms with E-state index >= 15 is 0 Å². The fourth-order valence-corrected chi connectivity index (χ4v) is 3.89. The van der Waals surface area contributed by atoms with Gasteiger partial charge in [-0.3, -0.25) is 0 Å². The summed E-state index contributed by atoms with van der Waals surface area (Å²) in [6.07, 6.45) is 2.49. The number of hydrogen-bond acceptors (Lipinski definition) is 2. The summed E-state index contributed by atoms with van der Waals surface area (Å²) in [5, 5.41) is 0. The number of aryl methyl sites for hydroxylation is 1. The Morgan fingerprint density at radius 3 is 1.92 bits per heavy atom. The Balaban J connectivity index is 1.85. The predicted molar refractivity (Wildman–Crippen MR) is 107 cm³/mol. The fourth-order valence-electron chi connectivity index (χ4n) is 3.89. The molecule has 2 heteroatoms. The first-order chi connectivity index (χ1) is 12.3. The highest BCUT2D eigenvalue weighted by atomic mass is 15.4. The van der Waals surface area contributed by atoms with Crippen molar-refractivity contribution in [3.8, 4) is 0 Å². The van der Waals surface area contributed by atoms with Crippen molar-refractivity contribution >= 4 is 22.7 Å². The van der Waals surface area contributed by atoms with Gasteiger partial charge in [0.2, 0.25) is 0 Å². The molecule has 0 radical (unpaired) electrons. The summed E-state index contributed by atoms with van der Waals surface area (Å²) in [5.74, 6) is 0. The average Bonchev–Trinajstić information content (AvgIpc) is 2.95. The lowest BCUT2D eigenvalue weighted by Crippen LogP contribution is -2.35. The number of fused-ring (bicyclic) bond motifs is 1. The molecular weight excluding hydrogens is 304 g/mol. The van der Waals surface area contributed by atoms with Crippen LogP contribution in [0.2, 0.25) is 0 Å². The van der Waals surface area contributed by atoms with Crippen molar-refractivity contribution in [2.75, 3.05) is 9.80 Å². The Labute approximate surface area is 150 Å². The molecule has 0 aromatic heterocycles. The van der Waals surface area contributed by atoms with Crippen LogP contribution < -0.4 is 9.80 Å². The molecule has 0 N–H and O–H groups in total.